The molecule has 240 valence electrons. The first-order valence-corrected chi connectivity index (χ1v) is 16.6. The summed E-state index contributed by atoms with van der Waals surface area (Å²) in [5.74, 6) is 1.46. The number of aliphatic hydroxyl groups is 1. The third kappa shape index (κ3) is 12.2. The Hall–Kier alpha value is -2.97. The van der Waals surface area contributed by atoms with Crippen molar-refractivity contribution in [2.45, 2.75) is 101 Å². The average molecular weight is 597 g/mol. The second kappa shape index (κ2) is 17.5. The molecule has 2 aliphatic carbocycles. The van der Waals surface area contributed by atoms with E-state index in [1.807, 2.05) is 0 Å². The number of aliphatic hydroxyl groups excluding tert-OH is 1. The third-order valence-corrected chi connectivity index (χ3v) is 9.75. The molecule has 44 heavy (non-hydrogen) atoms. The van der Waals surface area contributed by atoms with E-state index in [4.69, 9.17) is 0 Å². The average Bonchev–Trinajstić information content (AvgIpc) is 2.95. The molecular weight excluding hydrogens is 536 g/mol. The molecule has 5 atom stereocenters. The van der Waals surface area contributed by atoms with E-state index in [0.29, 0.717) is 30.0 Å². The molecule has 2 aliphatic rings. The molecule has 0 bridgehead atoms. The Morgan fingerprint density at radius 3 is 1.68 bits per heavy atom. The van der Waals surface area contributed by atoms with Gasteiger partial charge in [-0.25, -0.2) is 0 Å². The van der Waals surface area contributed by atoms with Crippen LogP contribution in [0.2, 0.25) is 0 Å². The molecule has 0 aromatic carbocycles. The zero-order valence-corrected chi connectivity index (χ0v) is 29.3. The highest BCUT2D eigenvalue weighted by atomic mass is 16.3. The van der Waals surface area contributed by atoms with Gasteiger partial charge in [-0.2, -0.15) is 0 Å². The number of hydrogen-bond donors (Lipinski definition) is 1. The number of allylic oxidation sites excluding steroid dienone is 20. The van der Waals surface area contributed by atoms with E-state index in [1.165, 1.54) is 22.3 Å². The van der Waals surface area contributed by atoms with Crippen molar-refractivity contribution in [3.05, 3.63) is 120 Å². The normalized spacial score (nSPS) is 29.5. The van der Waals surface area contributed by atoms with Crippen LogP contribution in [0.15, 0.2) is 120 Å². The zero-order valence-electron chi connectivity index (χ0n) is 29.3. The molecule has 2 rings (SSSR count). The van der Waals surface area contributed by atoms with Crippen LogP contribution in [-0.4, -0.2) is 17.0 Å². The van der Waals surface area contributed by atoms with Gasteiger partial charge in [0.2, 0.25) is 0 Å². The summed E-state index contributed by atoms with van der Waals surface area (Å²) in [4.78, 5) is 12.2. The highest BCUT2D eigenvalue weighted by molar-refractivity contribution is 5.82. The van der Waals surface area contributed by atoms with Gasteiger partial charge in [0.05, 0.1) is 6.10 Å². The van der Waals surface area contributed by atoms with Crippen LogP contribution in [0.25, 0.3) is 0 Å². The van der Waals surface area contributed by atoms with Crippen LogP contribution in [-0.2, 0) is 4.79 Å². The van der Waals surface area contributed by atoms with Gasteiger partial charge in [-0.3, -0.25) is 4.79 Å². The van der Waals surface area contributed by atoms with Crippen molar-refractivity contribution in [3.63, 3.8) is 0 Å². The number of rotatable bonds is 11. The van der Waals surface area contributed by atoms with Gasteiger partial charge >= 0.3 is 0 Å². The molecule has 0 aromatic rings. The zero-order chi connectivity index (χ0) is 32.9. The van der Waals surface area contributed by atoms with Crippen molar-refractivity contribution >= 4 is 5.78 Å². The van der Waals surface area contributed by atoms with Crippen molar-refractivity contribution in [2.24, 2.45) is 34.5 Å². The Labute approximate surface area is 270 Å². The van der Waals surface area contributed by atoms with Crippen LogP contribution in [0.1, 0.15) is 94.9 Å². The monoisotopic (exact) mass is 596 g/mol. The van der Waals surface area contributed by atoms with Crippen molar-refractivity contribution in [1.29, 1.82) is 0 Å². The first kappa shape index (κ1) is 37.2. The number of carbonyl (C=O) groups is 1. The van der Waals surface area contributed by atoms with Gasteiger partial charge in [-0.1, -0.05) is 161 Å². The lowest BCUT2D eigenvalue weighted by Gasteiger charge is -2.44. The lowest BCUT2D eigenvalue weighted by Crippen LogP contribution is -2.40. The summed E-state index contributed by atoms with van der Waals surface area (Å²) in [5.41, 5.74) is 5.13. The molecule has 0 radical (unpaired) electrons. The summed E-state index contributed by atoms with van der Waals surface area (Å²) in [6, 6.07) is 0. The molecule has 2 nitrogen and oxygen atoms in total. The number of carbonyl (C=O) groups excluding carboxylic acids is 1. The summed E-state index contributed by atoms with van der Waals surface area (Å²) in [5, 5.41) is 10.3. The van der Waals surface area contributed by atoms with Gasteiger partial charge in [-0.05, 0) is 75.5 Å². The molecule has 0 aliphatic heterocycles. The van der Waals surface area contributed by atoms with Crippen LogP contribution in [0, 0.1) is 34.5 Å². The first-order chi connectivity index (χ1) is 20.6. The van der Waals surface area contributed by atoms with Gasteiger partial charge in [0, 0.05) is 12.3 Å². The Bertz CT molecular complexity index is 1260. The van der Waals surface area contributed by atoms with Crippen molar-refractivity contribution < 1.29 is 9.90 Å². The predicted molar refractivity (Wildman–Crippen MR) is 192 cm³/mol. The highest BCUT2D eigenvalue weighted by Gasteiger charge is 2.40. The highest BCUT2D eigenvalue weighted by Crippen LogP contribution is 2.45. The predicted octanol–water partition coefficient (Wildman–Crippen LogP) is 11.2. The fraction of sp³-hybridized carbons (Fsp3) is 0.500. The molecule has 5 unspecified atom stereocenters. The second-order valence-corrected chi connectivity index (χ2v) is 14.6. The van der Waals surface area contributed by atoms with Gasteiger partial charge in [0.15, 0.2) is 0 Å². The van der Waals surface area contributed by atoms with E-state index >= 15 is 0 Å². The lowest BCUT2D eigenvalue weighted by molar-refractivity contribution is -0.128. The summed E-state index contributed by atoms with van der Waals surface area (Å²) in [7, 11) is 0. The van der Waals surface area contributed by atoms with Crippen LogP contribution < -0.4 is 0 Å². The summed E-state index contributed by atoms with van der Waals surface area (Å²) in [6.07, 6.45) is 37.5. The van der Waals surface area contributed by atoms with Gasteiger partial charge in [0.1, 0.15) is 5.78 Å². The van der Waals surface area contributed by atoms with Crippen LogP contribution in [0.3, 0.4) is 0 Å². The van der Waals surface area contributed by atoms with Crippen LogP contribution >= 0.6 is 0 Å². The molecule has 0 amide bonds. The number of ketones is 1. The fourth-order valence-corrected chi connectivity index (χ4v) is 6.47. The molecule has 0 saturated heterocycles. The van der Waals surface area contributed by atoms with Crippen molar-refractivity contribution in [1.82, 2.24) is 0 Å². The molecule has 2 fully saturated rings. The van der Waals surface area contributed by atoms with E-state index in [0.717, 1.165) is 19.3 Å². The van der Waals surface area contributed by atoms with Crippen LogP contribution in [0.5, 0.6) is 0 Å². The standard InChI is InChI=1S/C42H60O2/c1-31(20-15-21-33(3)19-13-14-24-37-35(5)39(43)27-29-41(37,7)8)17-11-12-18-32(2)22-16-23-34(4)25-26-38-36(6)40(44)28-30-42(38,9)10/h11-26,35-39,43H,27-30H2,1-10H3. The minimum Gasteiger partial charge on any atom is -0.393 e. The SMILES string of the molecule is CC(C=CC=C(C)C=CC=CC1C(C)C(O)CCC1(C)C)=CC=CC=C(C)C=CC=C(C)C=CC1C(C)C(=O)CCC1(C)C. The topological polar surface area (TPSA) is 37.3 Å². The lowest BCUT2D eigenvalue weighted by atomic mass is 9.63. The third-order valence-electron chi connectivity index (χ3n) is 9.75. The van der Waals surface area contributed by atoms with Crippen molar-refractivity contribution in [2.75, 3.05) is 0 Å². The maximum atomic E-state index is 12.2. The molecular formula is C42H60O2. The number of Topliss-reactive ketones (excluding diaryl/α,β-unsaturated/α-hetero) is 1. The Kier molecular flexibility index (Phi) is 14.8. The minimum atomic E-state index is -0.194. The summed E-state index contributed by atoms with van der Waals surface area (Å²) < 4.78 is 0. The summed E-state index contributed by atoms with van der Waals surface area (Å²) in [6.45, 7) is 21.9. The van der Waals surface area contributed by atoms with Crippen LogP contribution in [0.4, 0.5) is 0 Å². The van der Waals surface area contributed by atoms with E-state index in [2.05, 4.69) is 166 Å². The van der Waals surface area contributed by atoms with Gasteiger partial charge in [-0.15, -0.1) is 0 Å². The van der Waals surface area contributed by atoms with E-state index in [9.17, 15) is 9.90 Å². The molecule has 2 saturated carbocycles. The van der Waals surface area contributed by atoms with E-state index < -0.39 is 0 Å². The number of hydrogen-bond acceptors (Lipinski definition) is 2. The van der Waals surface area contributed by atoms with Gasteiger partial charge in [0.25, 0.3) is 0 Å². The fourth-order valence-electron chi connectivity index (χ4n) is 6.47. The van der Waals surface area contributed by atoms with E-state index in [1.54, 1.807) is 0 Å². The quantitative estimate of drug-likeness (QED) is 0.241. The first-order valence-electron chi connectivity index (χ1n) is 16.6. The van der Waals surface area contributed by atoms with Gasteiger partial charge < -0.3 is 5.11 Å². The summed E-state index contributed by atoms with van der Waals surface area (Å²) >= 11 is 0. The van der Waals surface area contributed by atoms with Crippen molar-refractivity contribution in [3.8, 4) is 0 Å². The minimum absolute atomic E-state index is 0.0967. The molecule has 0 aromatic heterocycles. The maximum Gasteiger partial charge on any atom is 0.136 e. The Balaban J connectivity index is 1.85. The molecule has 2 heteroatoms. The molecule has 0 spiro atoms. The molecule has 1 N–H and O–H groups in total. The maximum absolute atomic E-state index is 12.2. The Morgan fingerprint density at radius 1 is 0.636 bits per heavy atom. The second-order valence-electron chi connectivity index (χ2n) is 14.6. The van der Waals surface area contributed by atoms with E-state index in [-0.39, 0.29) is 22.9 Å². The molecule has 0 heterocycles. The Morgan fingerprint density at radius 2 is 1.11 bits per heavy atom. The smallest absolute Gasteiger partial charge is 0.136 e. The largest absolute Gasteiger partial charge is 0.393 e.